The van der Waals surface area contributed by atoms with Crippen LogP contribution in [0.15, 0.2) is 48.8 Å². The van der Waals surface area contributed by atoms with Crippen LogP contribution < -0.4 is 10.6 Å². The van der Waals surface area contributed by atoms with Gasteiger partial charge in [-0.25, -0.2) is 0 Å². The van der Waals surface area contributed by atoms with Gasteiger partial charge in [-0.3, -0.25) is 9.78 Å². The van der Waals surface area contributed by atoms with Crippen molar-refractivity contribution in [1.29, 1.82) is 0 Å². The molecule has 5 nitrogen and oxygen atoms in total. The molecule has 0 aliphatic carbocycles. The molecule has 0 saturated heterocycles. The van der Waals surface area contributed by atoms with E-state index in [4.69, 9.17) is 5.11 Å². The molecule has 0 saturated carbocycles. The first-order valence-corrected chi connectivity index (χ1v) is 7.77. The second kappa shape index (κ2) is 8.29. The van der Waals surface area contributed by atoms with Crippen LogP contribution in [-0.2, 0) is 0 Å². The van der Waals surface area contributed by atoms with Gasteiger partial charge in [-0.05, 0) is 35.7 Å². The van der Waals surface area contributed by atoms with E-state index in [1.54, 1.807) is 12.3 Å². The van der Waals surface area contributed by atoms with E-state index in [0.29, 0.717) is 11.5 Å². The van der Waals surface area contributed by atoms with Crippen LogP contribution in [0.5, 0.6) is 0 Å². The SMILES string of the molecule is CC(C)C(Nc1cccc(C(=O)NCCO)c1)c1cccnc1. The molecule has 1 unspecified atom stereocenters. The third-order valence-electron chi connectivity index (χ3n) is 3.55. The molecule has 0 spiro atoms. The van der Waals surface area contributed by atoms with E-state index in [1.165, 1.54) is 0 Å². The van der Waals surface area contributed by atoms with Crippen LogP contribution in [0.4, 0.5) is 5.69 Å². The van der Waals surface area contributed by atoms with Crippen LogP contribution in [0.25, 0.3) is 0 Å². The lowest BCUT2D eigenvalue weighted by Gasteiger charge is -2.24. The van der Waals surface area contributed by atoms with Gasteiger partial charge in [0.05, 0.1) is 12.6 Å². The Bertz CT molecular complexity index is 629. The molecule has 122 valence electrons. The Kier molecular flexibility index (Phi) is 6.11. The number of anilines is 1. The molecule has 1 heterocycles. The first-order valence-electron chi connectivity index (χ1n) is 7.77. The van der Waals surface area contributed by atoms with E-state index in [-0.39, 0.29) is 25.1 Å². The van der Waals surface area contributed by atoms with Crippen LogP contribution in [0.1, 0.15) is 35.8 Å². The van der Waals surface area contributed by atoms with Crippen molar-refractivity contribution >= 4 is 11.6 Å². The fourth-order valence-corrected chi connectivity index (χ4v) is 2.40. The zero-order valence-electron chi connectivity index (χ0n) is 13.5. The second-order valence-electron chi connectivity index (χ2n) is 5.71. The molecule has 0 aliphatic heterocycles. The molecular formula is C18H23N3O2. The second-order valence-corrected chi connectivity index (χ2v) is 5.71. The molecular weight excluding hydrogens is 290 g/mol. The average Bonchev–Trinajstić information content (AvgIpc) is 2.58. The molecule has 0 bridgehead atoms. The monoisotopic (exact) mass is 313 g/mol. The fourth-order valence-electron chi connectivity index (χ4n) is 2.40. The molecule has 1 atom stereocenters. The van der Waals surface area contributed by atoms with E-state index < -0.39 is 0 Å². The maximum atomic E-state index is 12.0. The summed E-state index contributed by atoms with van der Waals surface area (Å²) in [6.07, 6.45) is 3.61. The van der Waals surface area contributed by atoms with Crippen molar-refractivity contribution < 1.29 is 9.90 Å². The predicted octanol–water partition coefficient (Wildman–Crippen LogP) is 2.61. The van der Waals surface area contributed by atoms with Crippen LogP contribution >= 0.6 is 0 Å². The molecule has 23 heavy (non-hydrogen) atoms. The summed E-state index contributed by atoms with van der Waals surface area (Å²) in [6, 6.07) is 11.4. The minimum Gasteiger partial charge on any atom is -0.395 e. The van der Waals surface area contributed by atoms with Gasteiger partial charge in [0.25, 0.3) is 5.91 Å². The Hall–Kier alpha value is -2.40. The summed E-state index contributed by atoms with van der Waals surface area (Å²) >= 11 is 0. The highest BCUT2D eigenvalue weighted by atomic mass is 16.3. The van der Waals surface area contributed by atoms with Crippen molar-refractivity contribution in [2.75, 3.05) is 18.5 Å². The third kappa shape index (κ3) is 4.79. The van der Waals surface area contributed by atoms with Crippen molar-refractivity contribution in [2.24, 2.45) is 5.92 Å². The molecule has 0 fully saturated rings. The molecule has 3 N–H and O–H groups in total. The number of rotatable bonds is 7. The standard InChI is InChI=1S/C18H23N3O2/c1-13(2)17(15-6-4-8-19-12-15)21-16-7-3-5-14(11-16)18(23)20-9-10-22/h3-8,11-13,17,21-22H,9-10H2,1-2H3,(H,20,23). The van der Waals surface area contributed by atoms with Crippen LogP contribution in [0.2, 0.25) is 0 Å². The Labute approximate surface area is 136 Å². The number of carbonyl (C=O) groups excluding carboxylic acids is 1. The molecule has 5 heteroatoms. The van der Waals surface area contributed by atoms with Crippen molar-refractivity contribution in [1.82, 2.24) is 10.3 Å². The highest BCUT2D eigenvalue weighted by Crippen LogP contribution is 2.26. The summed E-state index contributed by atoms with van der Waals surface area (Å²) in [5, 5.41) is 14.9. The number of nitrogens with one attached hydrogen (secondary N) is 2. The maximum Gasteiger partial charge on any atom is 0.251 e. The first-order chi connectivity index (χ1) is 11.1. The van der Waals surface area contributed by atoms with Gasteiger partial charge in [-0.15, -0.1) is 0 Å². The van der Waals surface area contributed by atoms with Gasteiger partial charge < -0.3 is 15.7 Å². The Morgan fingerprint density at radius 3 is 2.74 bits per heavy atom. The van der Waals surface area contributed by atoms with Gasteiger partial charge in [0.2, 0.25) is 0 Å². The van der Waals surface area contributed by atoms with Gasteiger partial charge in [0, 0.05) is 30.2 Å². The number of carbonyl (C=O) groups is 1. The summed E-state index contributed by atoms with van der Waals surface area (Å²) in [4.78, 5) is 16.2. The zero-order valence-corrected chi connectivity index (χ0v) is 13.5. The summed E-state index contributed by atoms with van der Waals surface area (Å²) in [6.45, 7) is 4.46. The lowest BCUT2D eigenvalue weighted by Crippen LogP contribution is -2.26. The van der Waals surface area contributed by atoms with Gasteiger partial charge >= 0.3 is 0 Å². The third-order valence-corrected chi connectivity index (χ3v) is 3.55. The average molecular weight is 313 g/mol. The maximum absolute atomic E-state index is 12.0. The molecule has 1 aromatic heterocycles. The lowest BCUT2D eigenvalue weighted by molar-refractivity contribution is 0.0945. The van der Waals surface area contributed by atoms with E-state index in [2.05, 4.69) is 29.5 Å². The Morgan fingerprint density at radius 2 is 2.09 bits per heavy atom. The number of amides is 1. The van der Waals surface area contributed by atoms with E-state index in [0.717, 1.165) is 11.3 Å². The smallest absolute Gasteiger partial charge is 0.251 e. The van der Waals surface area contributed by atoms with Crippen molar-refractivity contribution in [3.05, 3.63) is 59.9 Å². The lowest BCUT2D eigenvalue weighted by atomic mass is 9.97. The van der Waals surface area contributed by atoms with Gasteiger partial charge in [-0.1, -0.05) is 26.0 Å². The Morgan fingerprint density at radius 1 is 1.26 bits per heavy atom. The number of aliphatic hydroxyl groups excluding tert-OH is 1. The number of aromatic nitrogens is 1. The normalized spacial score (nSPS) is 12.0. The van der Waals surface area contributed by atoms with Crippen molar-refractivity contribution in [3.8, 4) is 0 Å². The highest BCUT2D eigenvalue weighted by Gasteiger charge is 2.16. The Balaban J connectivity index is 2.16. The fraction of sp³-hybridized carbons (Fsp3) is 0.333. The number of pyridine rings is 1. The zero-order chi connectivity index (χ0) is 16.7. The summed E-state index contributed by atoms with van der Waals surface area (Å²) < 4.78 is 0. The summed E-state index contributed by atoms with van der Waals surface area (Å²) in [5.74, 6) is 0.177. The molecule has 2 aromatic rings. The molecule has 1 aromatic carbocycles. The minimum atomic E-state index is -0.190. The number of benzene rings is 1. The summed E-state index contributed by atoms with van der Waals surface area (Å²) in [5.41, 5.74) is 2.55. The molecule has 1 amide bonds. The van der Waals surface area contributed by atoms with E-state index >= 15 is 0 Å². The van der Waals surface area contributed by atoms with Gasteiger partial charge in [-0.2, -0.15) is 0 Å². The highest BCUT2D eigenvalue weighted by molar-refractivity contribution is 5.95. The minimum absolute atomic E-state index is 0.0693. The quantitative estimate of drug-likeness (QED) is 0.734. The first kappa shape index (κ1) is 17.0. The number of aliphatic hydroxyl groups is 1. The van der Waals surface area contributed by atoms with Crippen LogP contribution in [-0.4, -0.2) is 29.1 Å². The largest absolute Gasteiger partial charge is 0.395 e. The van der Waals surface area contributed by atoms with Gasteiger partial charge in [0.1, 0.15) is 0 Å². The predicted molar refractivity (Wildman–Crippen MR) is 91.3 cm³/mol. The van der Waals surface area contributed by atoms with Gasteiger partial charge in [0.15, 0.2) is 0 Å². The van der Waals surface area contributed by atoms with Crippen molar-refractivity contribution in [3.63, 3.8) is 0 Å². The number of hydrogen-bond acceptors (Lipinski definition) is 4. The molecule has 2 rings (SSSR count). The topological polar surface area (TPSA) is 74.2 Å². The van der Waals surface area contributed by atoms with Crippen molar-refractivity contribution in [2.45, 2.75) is 19.9 Å². The van der Waals surface area contributed by atoms with E-state index in [1.807, 2.05) is 36.5 Å². The summed E-state index contributed by atoms with van der Waals surface area (Å²) in [7, 11) is 0. The van der Waals surface area contributed by atoms with Crippen LogP contribution in [0.3, 0.4) is 0 Å². The molecule has 0 radical (unpaired) electrons. The molecule has 0 aliphatic rings. The number of hydrogen-bond donors (Lipinski definition) is 3. The number of nitrogens with zero attached hydrogens (tertiary/aromatic N) is 1. The van der Waals surface area contributed by atoms with E-state index in [9.17, 15) is 4.79 Å². The van der Waals surface area contributed by atoms with Crippen LogP contribution in [0, 0.1) is 5.92 Å².